The number of aliphatic hydroxyl groups excluding tert-OH is 1. The van der Waals surface area contributed by atoms with Gasteiger partial charge in [-0.3, -0.25) is 4.79 Å². The first-order valence-corrected chi connectivity index (χ1v) is 5.49. The van der Waals surface area contributed by atoms with E-state index in [4.69, 9.17) is 15.6 Å². The fourth-order valence-corrected chi connectivity index (χ4v) is 1.88. The smallest absolute Gasteiger partial charge is 0.185 e. The van der Waals surface area contributed by atoms with Gasteiger partial charge in [0.2, 0.25) is 0 Å². The molecule has 1 atom stereocenters. The molecule has 0 aliphatic carbocycles. The lowest BCUT2D eigenvalue weighted by Crippen LogP contribution is -2.34. The molecule has 1 rings (SSSR count). The highest BCUT2D eigenvalue weighted by Gasteiger charge is 2.23. The normalized spacial score (nSPS) is 12.4. The number of hydrogen-bond donors (Lipinski definition) is 2. The van der Waals surface area contributed by atoms with Gasteiger partial charge < -0.3 is 15.6 Å². The van der Waals surface area contributed by atoms with Crippen LogP contribution in [0.2, 0.25) is 0 Å². The Morgan fingerprint density at radius 1 is 1.41 bits per heavy atom. The van der Waals surface area contributed by atoms with E-state index < -0.39 is 6.04 Å². The third-order valence-corrected chi connectivity index (χ3v) is 2.97. The van der Waals surface area contributed by atoms with E-state index in [9.17, 15) is 4.79 Å². The SMILES string of the molecule is COc1c(C)c(C)cc(C)c1C(=O)C(N)CO. The molecule has 0 aliphatic rings. The summed E-state index contributed by atoms with van der Waals surface area (Å²) in [5.41, 5.74) is 8.85. The van der Waals surface area contributed by atoms with Gasteiger partial charge in [-0.2, -0.15) is 0 Å². The fraction of sp³-hybridized carbons (Fsp3) is 0.462. The minimum atomic E-state index is -0.898. The summed E-state index contributed by atoms with van der Waals surface area (Å²) in [4.78, 5) is 12.1. The topological polar surface area (TPSA) is 72.5 Å². The van der Waals surface area contributed by atoms with Crippen LogP contribution in [0.15, 0.2) is 6.07 Å². The van der Waals surface area contributed by atoms with Crippen molar-refractivity contribution in [3.63, 3.8) is 0 Å². The minimum absolute atomic E-state index is 0.287. The Hall–Kier alpha value is -1.39. The first kappa shape index (κ1) is 13.7. The summed E-state index contributed by atoms with van der Waals surface area (Å²) in [6.45, 7) is 5.33. The molecule has 0 amide bonds. The van der Waals surface area contributed by atoms with Crippen LogP contribution in [0.25, 0.3) is 0 Å². The number of aryl methyl sites for hydroxylation is 2. The molecule has 17 heavy (non-hydrogen) atoms. The highest BCUT2D eigenvalue weighted by Crippen LogP contribution is 2.30. The van der Waals surface area contributed by atoms with Gasteiger partial charge in [-0.05, 0) is 37.5 Å². The Kier molecular flexibility index (Phi) is 4.26. The second-order valence-electron chi connectivity index (χ2n) is 4.20. The number of methoxy groups -OCH3 is 1. The van der Waals surface area contributed by atoms with Crippen molar-refractivity contribution in [1.29, 1.82) is 0 Å². The Morgan fingerprint density at radius 2 is 2.00 bits per heavy atom. The van der Waals surface area contributed by atoms with E-state index in [-0.39, 0.29) is 12.4 Å². The van der Waals surface area contributed by atoms with E-state index in [1.165, 1.54) is 7.11 Å². The molecular formula is C13H19NO3. The van der Waals surface area contributed by atoms with Crippen LogP contribution in [0, 0.1) is 20.8 Å². The van der Waals surface area contributed by atoms with Crippen molar-refractivity contribution in [2.24, 2.45) is 5.73 Å². The molecule has 4 nitrogen and oxygen atoms in total. The van der Waals surface area contributed by atoms with Gasteiger partial charge in [0, 0.05) is 0 Å². The molecule has 3 N–H and O–H groups in total. The molecule has 0 radical (unpaired) electrons. The molecular weight excluding hydrogens is 218 g/mol. The molecule has 0 heterocycles. The lowest BCUT2D eigenvalue weighted by molar-refractivity contribution is 0.0921. The Labute approximate surface area is 101 Å². The van der Waals surface area contributed by atoms with Gasteiger partial charge in [-0.1, -0.05) is 6.07 Å². The van der Waals surface area contributed by atoms with Gasteiger partial charge in [0.25, 0.3) is 0 Å². The summed E-state index contributed by atoms with van der Waals surface area (Å²) >= 11 is 0. The highest BCUT2D eigenvalue weighted by atomic mass is 16.5. The molecule has 1 aromatic carbocycles. The number of benzene rings is 1. The van der Waals surface area contributed by atoms with Gasteiger partial charge in [0.1, 0.15) is 5.75 Å². The molecule has 0 aromatic heterocycles. The first-order valence-electron chi connectivity index (χ1n) is 5.49. The van der Waals surface area contributed by atoms with E-state index in [0.717, 1.165) is 16.7 Å². The fourth-order valence-electron chi connectivity index (χ4n) is 1.88. The summed E-state index contributed by atoms with van der Waals surface area (Å²) in [6.07, 6.45) is 0. The third-order valence-electron chi connectivity index (χ3n) is 2.97. The zero-order chi connectivity index (χ0) is 13.2. The van der Waals surface area contributed by atoms with Crippen LogP contribution in [0.4, 0.5) is 0 Å². The summed E-state index contributed by atoms with van der Waals surface area (Å²) in [5.74, 6) is 0.265. The van der Waals surface area contributed by atoms with Crippen LogP contribution in [-0.2, 0) is 0 Å². The van der Waals surface area contributed by atoms with Gasteiger partial charge in [0.05, 0.1) is 25.3 Å². The van der Waals surface area contributed by atoms with E-state index in [1.54, 1.807) is 0 Å². The first-order chi connectivity index (χ1) is 7.93. The summed E-state index contributed by atoms with van der Waals surface area (Å²) < 4.78 is 5.30. The predicted molar refractivity (Wildman–Crippen MR) is 66.6 cm³/mol. The van der Waals surface area contributed by atoms with Gasteiger partial charge >= 0.3 is 0 Å². The Morgan fingerprint density at radius 3 is 2.47 bits per heavy atom. The van der Waals surface area contributed by atoms with Crippen LogP contribution < -0.4 is 10.5 Å². The zero-order valence-corrected chi connectivity index (χ0v) is 10.7. The summed E-state index contributed by atoms with van der Waals surface area (Å²) in [5, 5.41) is 8.96. The molecule has 0 saturated carbocycles. The van der Waals surface area contributed by atoms with Gasteiger partial charge in [0.15, 0.2) is 5.78 Å². The number of ether oxygens (including phenoxy) is 1. The van der Waals surface area contributed by atoms with Crippen LogP contribution >= 0.6 is 0 Å². The maximum absolute atomic E-state index is 12.1. The molecule has 1 aromatic rings. The maximum atomic E-state index is 12.1. The summed E-state index contributed by atoms with van der Waals surface area (Å²) in [6, 6.07) is 1.03. The van der Waals surface area contributed by atoms with Crippen LogP contribution in [0.3, 0.4) is 0 Å². The minimum Gasteiger partial charge on any atom is -0.496 e. The highest BCUT2D eigenvalue weighted by molar-refractivity contribution is 6.04. The molecule has 4 heteroatoms. The largest absolute Gasteiger partial charge is 0.496 e. The standard InChI is InChI=1S/C13H19NO3/c1-7-5-8(2)11(12(16)10(14)6-15)13(17-4)9(7)3/h5,10,15H,6,14H2,1-4H3. The maximum Gasteiger partial charge on any atom is 0.185 e. The molecule has 0 bridgehead atoms. The van der Waals surface area contributed by atoms with E-state index in [0.29, 0.717) is 11.3 Å². The second-order valence-corrected chi connectivity index (χ2v) is 4.20. The van der Waals surface area contributed by atoms with Crippen molar-refractivity contribution in [3.05, 3.63) is 28.3 Å². The van der Waals surface area contributed by atoms with E-state index >= 15 is 0 Å². The molecule has 94 valence electrons. The summed E-state index contributed by atoms with van der Waals surface area (Å²) in [7, 11) is 1.53. The lowest BCUT2D eigenvalue weighted by atomic mass is 9.94. The van der Waals surface area contributed by atoms with Crippen molar-refractivity contribution >= 4 is 5.78 Å². The van der Waals surface area contributed by atoms with Crippen molar-refractivity contribution in [1.82, 2.24) is 0 Å². The molecule has 0 spiro atoms. The van der Waals surface area contributed by atoms with E-state index in [1.807, 2.05) is 26.8 Å². The van der Waals surface area contributed by atoms with Gasteiger partial charge in [-0.15, -0.1) is 0 Å². The zero-order valence-electron chi connectivity index (χ0n) is 10.7. The van der Waals surface area contributed by atoms with Crippen LogP contribution in [-0.4, -0.2) is 30.6 Å². The van der Waals surface area contributed by atoms with Gasteiger partial charge in [-0.25, -0.2) is 0 Å². The lowest BCUT2D eigenvalue weighted by Gasteiger charge is -2.17. The number of carbonyl (C=O) groups is 1. The Balaban J connectivity index is 3.42. The number of aliphatic hydroxyl groups is 1. The van der Waals surface area contributed by atoms with Crippen molar-refractivity contribution in [2.45, 2.75) is 26.8 Å². The second kappa shape index (κ2) is 5.29. The average Bonchev–Trinajstić information content (AvgIpc) is 2.31. The van der Waals surface area contributed by atoms with E-state index in [2.05, 4.69) is 0 Å². The monoisotopic (exact) mass is 237 g/mol. The average molecular weight is 237 g/mol. The molecule has 0 fully saturated rings. The molecule has 0 aliphatic heterocycles. The van der Waals surface area contributed by atoms with Crippen molar-refractivity contribution in [3.8, 4) is 5.75 Å². The quantitative estimate of drug-likeness (QED) is 0.770. The number of Topliss-reactive ketones (excluding diaryl/α,β-unsaturated/α-hetero) is 1. The van der Waals surface area contributed by atoms with Crippen molar-refractivity contribution in [2.75, 3.05) is 13.7 Å². The van der Waals surface area contributed by atoms with Crippen molar-refractivity contribution < 1.29 is 14.6 Å². The van der Waals surface area contributed by atoms with Crippen LogP contribution in [0.5, 0.6) is 5.75 Å². The Bertz CT molecular complexity index is 441. The number of carbonyl (C=O) groups excluding carboxylic acids is 1. The van der Waals surface area contributed by atoms with Crippen LogP contribution in [0.1, 0.15) is 27.0 Å². The number of nitrogens with two attached hydrogens (primary N) is 1. The third kappa shape index (κ3) is 2.48. The number of rotatable bonds is 4. The number of hydrogen-bond acceptors (Lipinski definition) is 4. The molecule has 0 saturated heterocycles. The molecule has 1 unspecified atom stereocenters. The predicted octanol–water partition coefficient (Wildman–Crippen LogP) is 1.12. The number of ketones is 1.